The van der Waals surface area contributed by atoms with E-state index in [1.165, 1.54) is 0 Å². The predicted octanol–water partition coefficient (Wildman–Crippen LogP) is 5.60. The summed E-state index contributed by atoms with van der Waals surface area (Å²) >= 11 is 0. The molecule has 0 amide bonds. The number of Topliss-reactive ketones (excluding diaryl/α,β-unsaturated/α-hetero) is 1. The van der Waals surface area contributed by atoms with Gasteiger partial charge in [0, 0.05) is 11.6 Å². The molecule has 2 heterocycles. The summed E-state index contributed by atoms with van der Waals surface area (Å²) in [7, 11) is 1.64. The number of rotatable bonds is 5. The van der Waals surface area contributed by atoms with Gasteiger partial charge in [0.2, 0.25) is 5.78 Å². The molecule has 0 aromatic heterocycles. The van der Waals surface area contributed by atoms with Gasteiger partial charge >= 0.3 is 0 Å². The van der Waals surface area contributed by atoms with E-state index in [-0.39, 0.29) is 17.6 Å². The van der Waals surface area contributed by atoms with Crippen molar-refractivity contribution in [2.45, 2.75) is 19.6 Å². The Kier molecular flexibility index (Phi) is 5.15. The van der Waals surface area contributed by atoms with Gasteiger partial charge in [-0.15, -0.1) is 0 Å². The predicted molar refractivity (Wildman–Crippen MR) is 121 cm³/mol. The maximum Gasteiger partial charge on any atom is 0.231 e. The van der Waals surface area contributed by atoms with Crippen LogP contribution < -0.4 is 18.9 Å². The van der Waals surface area contributed by atoms with Crippen molar-refractivity contribution in [3.8, 4) is 23.0 Å². The van der Waals surface area contributed by atoms with Crippen molar-refractivity contribution in [2.75, 3.05) is 7.11 Å². The van der Waals surface area contributed by atoms with E-state index in [4.69, 9.17) is 18.9 Å². The van der Waals surface area contributed by atoms with E-state index in [0.717, 1.165) is 28.2 Å². The van der Waals surface area contributed by atoms with Gasteiger partial charge in [-0.05, 0) is 60.5 Å². The highest BCUT2D eigenvalue weighted by Gasteiger charge is 2.29. The molecule has 0 bridgehead atoms. The third-order valence-electron chi connectivity index (χ3n) is 5.52. The van der Waals surface area contributed by atoms with Gasteiger partial charge in [0.05, 0.1) is 12.7 Å². The van der Waals surface area contributed by atoms with Crippen LogP contribution in [0.3, 0.4) is 0 Å². The molecule has 3 aromatic rings. The van der Waals surface area contributed by atoms with Gasteiger partial charge in [-0.25, -0.2) is 0 Å². The van der Waals surface area contributed by atoms with Crippen molar-refractivity contribution in [2.24, 2.45) is 0 Å². The third-order valence-corrected chi connectivity index (χ3v) is 5.52. The first kappa shape index (κ1) is 19.9. The van der Waals surface area contributed by atoms with E-state index >= 15 is 0 Å². The second kappa shape index (κ2) is 8.27. The number of carbonyl (C=O) groups excluding carboxylic acids is 1. The van der Waals surface area contributed by atoms with E-state index in [1.807, 2.05) is 61.5 Å². The molecule has 5 rings (SSSR count). The number of methoxy groups -OCH3 is 1. The Morgan fingerprint density at radius 3 is 2.56 bits per heavy atom. The monoisotopic (exact) mass is 426 g/mol. The van der Waals surface area contributed by atoms with Crippen LogP contribution in [0.15, 0.2) is 84.1 Å². The molecule has 32 heavy (non-hydrogen) atoms. The largest absolute Gasteiger partial charge is 0.497 e. The second-order valence-corrected chi connectivity index (χ2v) is 7.68. The van der Waals surface area contributed by atoms with Gasteiger partial charge < -0.3 is 18.9 Å². The van der Waals surface area contributed by atoms with Crippen LogP contribution in [0.1, 0.15) is 28.4 Å². The zero-order valence-corrected chi connectivity index (χ0v) is 17.8. The molecule has 0 N–H and O–H groups in total. The number of benzene rings is 3. The van der Waals surface area contributed by atoms with Crippen LogP contribution in [-0.2, 0) is 6.61 Å². The number of ether oxygens (including phenoxy) is 4. The lowest BCUT2D eigenvalue weighted by atomic mass is 10.0. The highest BCUT2D eigenvalue weighted by atomic mass is 16.5. The van der Waals surface area contributed by atoms with Crippen LogP contribution in [0.4, 0.5) is 0 Å². The van der Waals surface area contributed by atoms with Crippen molar-refractivity contribution >= 4 is 11.9 Å². The Morgan fingerprint density at radius 2 is 1.75 bits per heavy atom. The number of ketones is 1. The van der Waals surface area contributed by atoms with Crippen LogP contribution in [-0.4, -0.2) is 19.0 Å². The minimum absolute atomic E-state index is 0.145. The Labute approximate surface area is 186 Å². The maximum atomic E-state index is 12.9. The fourth-order valence-electron chi connectivity index (χ4n) is 3.72. The molecule has 0 saturated carbocycles. The molecule has 0 saturated heterocycles. The van der Waals surface area contributed by atoms with Gasteiger partial charge in [-0.1, -0.05) is 30.3 Å². The van der Waals surface area contributed by atoms with Gasteiger partial charge in [0.25, 0.3) is 0 Å². The fourth-order valence-corrected chi connectivity index (χ4v) is 3.72. The van der Waals surface area contributed by atoms with Gasteiger partial charge in [0.1, 0.15) is 35.7 Å². The number of allylic oxidation sites excluding steroid dienone is 1. The van der Waals surface area contributed by atoms with E-state index in [2.05, 4.69) is 0 Å². The molecule has 1 atom stereocenters. The summed E-state index contributed by atoms with van der Waals surface area (Å²) in [6.45, 7) is 2.36. The molecule has 2 aliphatic rings. The van der Waals surface area contributed by atoms with E-state index in [0.29, 0.717) is 23.7 Å². The van der Waals surface area contributed by atoms with Crippen LogP contribution in [0.25, 0.3) is 6.08 Å². The highest BCUT2D eigenvalue weighted by molar-refractivity contribution is 6.12. The lowest BCUT2D eigenvalue weighted by molar-refractivity contribution is 0.101. The minimum Gasteiger partial charge on any atom is -0.497 e. The van der Waals surface area contributed by atoms with Crippen molar-refractivity contribution in [1.82, 2.24) is 0 Å². The fraction of sp³-hybridized carbons (Fsp3) is 0.148. The first-order chi connectivity index (χ1) is 15.6. The first-order valence-corrected chi connectivity index (χ1v) is 10.4. The first-order valence-electron chi connectivity index (χ1n) is 10.4. The number of hydrogen-bond acceptors (Lipinski definition) is 5. The van der Waals surface area contributed by atoms with Crippen LogP contribution in [0, 0.1) is 0 Å². The Balaban J connectivity index is 1.33. The average molecular weight is 426 g/mol. The van der Waals surface area contributed by atoms with Crippen LogP contribution in [0.5, 0.6) is 23.0 Å². The van der Waals surface area contributed by atoms with Crippen LogP contribution in [0.2, 0.25) is 0 Å². The highest BCUT2D eigenvalue weighted by Crippen LogP contribution is 2.36. The van der Waals surface area contributed by atoms with Gasteiger partial charge in [-0.2, -0.15) is 0 Å². The number of fused-ring (bicyclic) bond motifs is 2. The number of hydrogen-bond donors (Lipinski definition) is 0. The Morgan fingerprint density at radius 1 is 0.969 bits per heavy atom. The van der Waals surface area contributed by atoms with Crippen molar-refractivity contribution in [3.63, 3.8) is 0 Å². The summed E-state index contributed by atoms with van der Waals surface area (Å²) in [5.41, 5.74) is 3.41. The minimum atomic E-state index is -0.180. The normalized spacial score (nSPS) is 17.7. The SMILES string of the molecule is COc1ccc(COc2ccc3c(c2)OC(=CC2=Cc4ccccc4O[C@H]2C)C3=O)cc1. The molecule has 0 spiro atoms. The second-order valence-electron chi connectivity index (χ2n) is 7.68. The van der Waals surface area contributed by atoms with E-state index in [9.17, 15) is 4.79 Å². The molecular weight excluding hydrogens is 404 g/mol. The summed E-state index contributed by atoms with van der Waals surface area (Å²) in [5.74, 6) is 2.91. The molecule has 0 radical (unpaired) electrons. The smallest absolute Gasteiger partial charge is 0.231 e. The van der Waals surface area contributed by atoms with Crippen molar-refractivity contribution in [3.05, 3.63) is 101 Å². The van der Waals surface area contributed by atoms with Gasteiger partial charge in [0.15, 0.2) is 5.76 Å². The summed E-state index contributed by atoms with van der Waals surface area (Å²) in [4.78, 5) is 12.9. The van der Waals surface area contributed by atoms with Crippen molar-refractivity contribution < 1.29 is 23.7 Å². The van der Waals surface area contributed by atoms with Crippen molar-refractivity contribution in [1.29, 1.82) is 0 Å². The Bertz CT molecular complexity index is 1240. The topological polar surface area (TPSA) is 54.0 Å². The van der Waals surface area contributed by atoms with E-state index < -0.39 is 0 Å². The molecule has 0 unspecified atom stereocenters. The molecule has 5 nitrogen and oxygen atoms in total. The zero-order chi connectivity index (χ0) is 22.1. The third kappa shape index (κ3) is 3.85. The summed E-state index contributed by atoms with van der Waals surface area (Å²) in [6, 6.07) is 20.8. The number of carbonyl (C=O) groups is 1. The summed E-state index contributed by atoms with van der Waals surface area (Å²) < 4.78 is 22.9. The molecule has 5 heteroatoms. The molecule has 2 aliphatic heterocycles. The van der Waals surface area contributed by atoms with Gasteiger partial charge in [-0.3, -0.25) is 4.79 Å². The molecule has 160 valence electrons. The molecular formula is C27H22O5. The lowest BCUT2D eigenvalue weighted by Crippen LogP contribution is -2.18. The summed E-state index contributed by atoms with van der Waals surface area (Å²) in [6.07, 6.45) is 3.61. The standard InChI is InChI=1S/C27H22O5/c1-17-20(13-19-5-3-4-6-24(19)31-17)14-26-27(28)23-12-11-22(15-25(23)32-26)30-16-18-7-9-21(29-2)10-8-18/h3-15,17H,16H2,1-2H3/t17-/m0/s1. The summed E-state index contributed by atoms with van der Waals surface area (Å²) in [5, 5.41) is 0. The lowest BCUT2D eigenvalue weighted by Gasteiger charge is -2.22. The molecule has 0 fully saturated rings. The average Bonchev–Trinajstić information content (AvgIpc) is 3.13. The van der Waals surface area contributed by atoms with Crippen LogP contribution >= 0.6 is 0 Å². The molecule has 3 aromatic carbocycles. The Hall–Kier alpha value is -3.99. The maximum absolute atomic E-state index is 12.9. The van der Waals surface area contributed by atoms with E-state index in [1.54, 1.807) is 31.4 Å². The number of para-hydroxylation sites is 1. The zero-order valence-electron chi connectivity index (χ0n) is 17.8. The molecule has 0 aliphatic carbocycles. The quantitative estimate of drug-likeness (QED) is 0.497.